The number of benzene rings is 3. The molecule has 1 atom stereocenters. The molecule has 3 aromatic carbocycles. The van der Waals surface area contributed by atoms with Crippen molar-refractivity contribution in [1.29, 1.82) is 0 Å². The minimum absolute atomic E-state index is 0.264. The first-order valence-electron chi connectivity index (χ1n) is 12.9. The Morgan fingerprint density at radius 1 is 1.03 bits per heavy atom. The van der Waals surface area contributed by atoms with Crippen molar-refractivity contribution < 1.29 is 9.53 Å². The summed E-state index contributed by atoms with van der Waals surface area (Å²) < 4.78 is 9.66. The van der Waals surface area contributed by atoms with Gasteiger partial charge in [0.15, 0.2) is 0 Å². The number of aromatic nitrogens is 3. The molecule has 39 heavy (non-hydrogen) atoms. The van der Waals surface area contributed by atoms with Crippen LogP contribution in [0.3, 0.4) is 0 Å². The van der Waals surface area contributed by atoms with Gasteiger partial charge in [-0.25, -0.2) is 9.48 Å². The maximum absolute atomic E-state index is 14.2. The lowest BCUT2D eigenvalue weighted by atomic mass is 10.0. The summed E-state index contributed by atoms with van der Waals surface area (Å²) in [5.41, 5.74) is 5.40. The Bertz CT molecular complexity index is 1630. The monoisotopic (exact) mass is 537 g/mol. The fourth-order valence-corrected chi connectivity index (χ4v) is 5.47. The number of rotatable bonds is 5. The van der Waals surface area contributed by atoms with Gasteiger partial charge in [-0.1, -0.05) is 67.1 Å². The van der Waals surface area contributed by atoms with E-state index in [0.717, 1.165) is 40.4 Å². The Morgan fingerprint density at radius 2 is 1.77 bits per heavy atom. The maximum Gasteiger partial charge on any atom is 0.323 e. The minimum atomic E-state index is -0.354. The lowest BCUT2D eigenvalue weighted by molar-refractivity contribution is 0.194. The normalized spacial score (nSPS) is 14.3. The first-order valence-corrected chi connectivity index (χ1v) is 13.3. The number of halogens is 1. The Labute approximate surface area is 232 Å². The Balaban J connectivity index is 1.54. The Kier molecular flexibility index (Phi) is 6.59. The predicted octanol–water partition coefficient (Wildman–Crippen LogP) is 7.02. The molecule has 0 radical (unpaired) electrons. The molecule has 0 bridgehead atoms. The van der Waals surface area contributed by atoms with Gasteiger partial charge in [-0.05, 0) is 54.4 Å². The van der Waals surface area contributed by atoms with Crippen LogP contribution in [0, 0.1) is 0 Å². The number of carbonyl (C=O) groups is 1. The van der Waals surface area contributed by atoms with Crippen molar-refractivity contribution >= 4 is 23.3 Å². The Morgan fingerprint density at radius 3 is 2.49 bits per heavy atom. The topological polar surface area (TPSA) is 64.3 Å². The molecule has 6 rings (SSSR count). The van der Waals surface area contributed by atoms with Crippen LogP contribution in [0.1, 0.15) is 35.5 Å². The molecule has 3 heterocycles. The van der Waals surface area contributed by atoms with E-state index in [9.17, 15) is 4.79 Å². The van der Waals surface area contributed by atoms with Crippen molar-refractivity contribution in [1.82, 2.24) is 19.2 Å². The first-order chi connectivity index (χ1) is 19.1. The van der Waals surface area contributed by atoms with Crippen LogP contribution >= 0.6 is 11.6 Å². The standard InChI is InChI=1S/C31H28ClN5O2/c1-3-25-24-20-36(31(38)33-26-19-22(32)16-17-28(26)39-2)29(21-11-6-4-7-12-21)27-15-10-18-35(27)30(24)37(34-25)23-13-8-5-9-14-23/h4-19,29H,3,20H2,1-2H3,(H,33,38). The number of amides is 2. The van der Waals surface area contributed by atoms with Crippen molar-refractivity contribution in [3.05, 3.63) is 125 Å². The summed E-state index contributed by atoms with van der Waals surface area (Å²) in [5, 5.41) is 8.60. The summed E-state index contributed by atoms with van der Waals surface area (Å²) in [6, 6.07) is 28.9. The summed E-state index contributed by atoms with van der Waals surface area (Å²) in [5.74, 6) is 1.48. The number of carbonyl (C=O) groups excluding carboxylic acids is 1. The number of nitrogens with zero attached hydrogens (tertiary/aromatic N) is 4. The van der Waals surface area contributed by atoms with Crippen molar-refractivity contribution in [3.8, 4) is 17.3 Å². The molecule has 1 N–H and O–H groups in total. The summed E-state index contributed by atoms with van der Waals surface area (Å²) >= 11 is 6.28. The number of nitrogens with one attached hydrogen (secondary N) is 1. The zero-order valence-corrected chi connectivity index (χ0v) is 22.5. The molecule has 0 saturated heterocycles. The third kappa shape index (κ3) is 4.45. The molecular formula is C31H28ClN5O2. The molecule has 7 nitrogen and oxygen atoms in total. The fourth-order valence-electron chi connectivity index (χ4n) is 5.30. The number of anilines is 1. The number of ether oxygens (including phenoxy) is 1. The average Bonchev–Trinajstić information content (AvgIpc) is 3.55. The van der Waals surface area contributed by atoms with Crippen molar-refractivity contribution in [2.75, 3.05) is 12.4 Å². The number of fused-ring (bicyclic) bond motifs is 3. The van der Waals surface area contributed by atoms with Gasteiger partial charge in [-0.3, -0.25) is 0 Å². The third-order valence-corrected chi connectivity index (χ3v) is 7.32. The minimum Gasteiger partial charge on any atom is -0.495 e. The quantitative estimate of drug-likeness (QED) is 0.262. The number of hydrogen-bond acceptors (Lipinski definition) is 3. The van der Waals surface area contributed by atoms with E-state index < -0.39 is 0 Å². The van der Waals surface area contributed by atoms with Gasteiger partial charge in [0.25, 0.3) is 0 Å². The van der Waals surface area contributed by atoms with E-state index >= 15 is 0 Å². The third-order valence-electron chi connectivity index (χ3n) is 7.08. The van der Waals surface area contributed by atoms with Crippen LogP contribution in [0.2, 0.25) is 5.02 Å². The van der Waals surface area contributed by atoms with Crippen molar-refractivity contribution in [3.63, 3.8) is 0 Å². The number of para-hydroxylation sites is 1. The molecule has 0 spiro atoms. The second kappa shape index (κ2) is 10.3. The lowest BCUT2D eigenvalue weighted by Gasteiger charge is -2.31. The van der Waals surface area contributed by atoms with Crippen molar-refractivity contribution in [2.24, 2.45) is 0 Å². The highest BCUT2D eigenvalue weighted by Crippen LogP contribution is 2.39. The van der Waals surface area contributed by atoms with Gasteiger partial charge in [0.2, 0.25) is 0 Å². The van der Waals surface area contributed by atoms with E-state index in [0.29, 0.717) is 23.0 Å². The molecule has 5 aromatic rings. The molecule has 2 amide bonds. The molecule has 2 aromatic heterocycles. The SMILES string of the molecule is CCc1nn(-c2ccccc2)c2c1CN(C(=O)Nc1cc(Cl)ccc1OC)C(c1ccccc1)c1cccn1-2. The van der Waals surface area contributed by atoms with E-state index in [1.54, 1.807) is 25.3 Å². The zero-order valence-electron chi connectivity index (χ0n) is 21.7. The molecule has 0 saturated carbocycles. The van der Waals surface area contributed by atoms with Crippen LogP contribution in [0.15, 0.2) is 97.2 Å². The first kappa shape index (κ1) is 24.8. The molecule has 1 aliphatic rings. The number of aryl methyl sites for hydroxylation is 1. The van der Waals surface area contributed by atoms with Crippen LogP contribution in [0.5, 0.6) is 5.75 Å². The lowest BCUT2D eigenvalue weighted by Crippen LogP contribution is -2.38. The van der Waals surface area contributed by atoms with Gasteiger partial charge < -0.3 is 19.5 Å². The maximum atomic E-state index is 14.2. The highest BCUT2D eigenvalue weighted by atomic mass is 35.5. The van der Waals surface area contributed by atoms with E-state index in [-0.39, 0.29) is 12.1 Å². The molecule has 8 heteroatoms. The van der Waals surface area contributed by atoms with E-state index in [4.69, 9.17) is 21.4 Å². The van der Waals surface area contributed by atoms with Gasteiger partial charge in [0.1, 0.15) is 11.6 Å². The molecular weight excluding hydrogens is 510 g/mol. The summed E-state index contributed by atoms with van der Waals surface area (Å²) in [6.07, 6.45) is 2.78. The summed E-state index contributed by atoms with van der Waals surface area (Å²) in [4.78, 5) is 16.0. The number of hydrogen-bond donors (Lipinski definition) is 1. The molecule has 1 aliphatic heterocycles. The summed E-state index contributed by atoms with van der Waals surface area (Å²) in [7, 11) is 1.57. The van der Waals surface area contributed by atoms with E-state index in [1.807, 2.05) is 70.4 Å². The van der Waals surface area contributed by atoms with E-state index in [2.05, 4.69) is 35.0 Å². The zero-order chi connectivity index (χ0) is 26.9. The summed E-state index contributed by atoms with van der Waals surface area (Å²) in [6.45, 7) is 2.45. The predicted molar refractivity (Wildman–Crippen MR) is 153 cm³/mol. The molecule has 0 fully saturated rings. The van der Waals surface area contributed by atoms with Crippen LogP contribution < -0.4 is 10.1 Å². The molecule has 196 valence electrons. The van der Waals surface area contributed by atoms with Crippen molar-refractivity contribution in [2.45, 2.75) is 25.9 Å². The Hall–Kier alpha value is -4.49. The van der Waals surface area contributed by atoms with Gasteiger partial charge in [0.05, 0.1) is 42.5 Å². The fraction of sp³-hybridized carbons (Fsp3) is 0.161. The van der Waals surface area contributed by atoms with Gasteiger partial charge in [-0.2, -0.15) is 5.10 Å². The second-order valence-corrected chi connectivity index (χ2v) is 9.81. The van der Waals surface area contributed by atoms with Crippen LogP contribution in [0.25, 0.3) is 11.5 Å². The second-order valence-electron chi connectivity index (χ2n) is 9.37. The van der Waals surface area contributed by atoms with E-state index in [1.165, 1.54) is 0 Å². The van der Waals surface area contributed by atoms with Crippen LogP contribution in [0.4, 0.5) is 10.5 Å². The molecule has 0 aliphatic carbocycles. The van der Waals surface area contributed by atoms with Gasteiger partial charge in [0, 0.05) is 16.8 Å². The molecule has 1 unspecified atom stereocenters. The van der Waals surface area contributed by atoms with Gasteiger partial charge in [-0.15, -0.1) is 0 Å². The number of methoxy groups -OCH3 is 1. The highest BCUT2D eigenvalue weighted by Gasteiger charge is 2.36. The smallest absolute Gasteiger partial charge is 0.323 e. The average molecular weight is 538 g/mol. The van der Waals surface area contributed by atoms with Crippen LogP contribution in [-0.4, -0.2) is 32.4 Å². The largest absolute Gasteiger partial charge is 0.495 e. The van der Waals surface area contributed by atoms with Gasteiger partial charge >= 0.3 is 6.03 Å². The number of urea groups is 1. The van der Waals surface area contributed by atoms with Crippen LogP contribution in [-0.2, 0) is 13.0 Å². The highest BCUT2D eigenvalue weighted by molar-refractivity contribution is 6.31.